The summed E-state index contributed by atoms with van der Waals surface area (Å²) in [5.41, 5.74) is 0.935. The number of aromatic nitrogens is 2. The van der Waals surface area contributed by atoms with E-state index in [4.69, 9.17) is 4.74 Å². The summed E-state index contributed by atoms with van der Waals surface area (Å²) in [5.74, 6) is 2.96. The van der Waals surface area contributed by atoms with E-state index in [0.29, 0.717) is 5.95 Å². The molecule has 0 radical (unpaired) electrons. The van der Waals surface area contributed by atoms with Crippen LogP contribution in [0.3, 0.4) is 0 Å². The Kier molecular flexibility index (Phi) is 4.91. The fourth-order valence-corrected chi connectivity index (χ4v) is 2.13. The molecule has 0 aliphatic heterocycles. The number of hydrogen-bond acceptors (Lipinski definition) is 5. The van der Waals surface area contributed by atoms with Crippen molar-refractivity contribution in [2.45, 2.75) is 19.9 Å². The lowest BCUT2D eigenvalue weighted by atomic mass is 10.3. The Hall–Kier alpha value is -3.08. The van der Waals surface area contributed by atoms with Crippen molar-refractivity contribution in [3.63, 3.8) is 0 Å². The van der Waals surface area contributed by atoms with Crippen LogP contribution in [-0.2, 0) is 0 Å². The first-order valence-electron chi connectivity index (χ1n) is 7.88. The van der Waals surface area contributed by atoms with E-state index < -0.39 is 0 Å². The lowest BCUT2D eigenvalue weighted by Crippen LogP contribution is -2.12. The van der Waals surface area contributed by atoms with Crippen molar-refractivity contribution < 1.29 is 4.74 Å². The summed E-state index contributed by atoms with van der Waals surface area (Å²) in [6, 6.07) is 19.6. The Bertz CT molecular complexity index is 773. The van der Waals surface area contributed by atoms with Gasteiger partial charge < -0.3 is 15.4 Å². The Balaban J connectivity index is 1.66. The third-order valence-corrected chi connectivity index (χ3v) is 3.18. The smallest absolute Gasteiger partial charge is 0.224 e. The summed E-state index contributed by atoms with van der Waals surface area (Å²) in [6.07, 6.45) is 1.73. The second kappa shape index (κ2) is 7.46. The van der Waals surface area contributed by atoms with Crippen molar-refractivity contribution in [1.29, 1.82) is 0 Å². The van der Waals surface area contributed by atoms with Crippen LogP contribution in [-0.4, -0.2) is 16.0 Å². The van der Waals surface area contributed by atoms with Crippen molar-refractivity contribution in [2.75, 3.05) is 10.6 Å². The van der Waals surface area contributed by atoms with Gasteiger partial charge in [-0.2, -0.15) is 4.98 Å². The Morgan fingerprint density at radius 3 is 2.29 bits per heavy atom. The molecule has 0 atom stereocenters. The SMILES string of the molecule is CC(C)Nc1nccc(Nc2ccc(Oc3ccccc3)cc2)n1. The molecule has 2 aromatic carbocycles. The lowest BCUT2D eigenvalue weighted by molar-refractivity contribution is 0.483. The van der Waals surface area contributed by atoms with E-state index in [-0.39, 0.29) is 6.04 Å². The van der Waals surface area contributed by atoms with Gasteiger partial charge in [-0.3, -0.25) is 0 Å². The van der Waals surface area contributed by atoms with E-state index in [1.165, 1.54) is 0 Å². The van der Waals surface area contributed by atoms with Gasteiger partial charge in [-0.1, -0.05) is 18.2 Å². The monoisotopic (exact) mass is 320 g/mol. The third-order valence-electron chi connectivity index (χ3n) is 3.18. The molecule has 5 heteroatoms. The fraction of sp³-hybridized carbons (Fsp3) is 0.158. The highest BCUT2D eigenvalue weighted by atomic mass is 16.5. The maximum absolute atomic E-state index is 5.78. The summed E-state index contributed by atoms with van der Waals surface area (Å²) in [6.45, 7) is 4.10. The number of benzene rings is 2. The zero-order valence-corrected chi connectivity index (χ0v) is 13.7. The minimum absolute atomic E-state index is 0.287. The van der Waals surface area contributed by atoms with Crippen LogP contribution >= 0.6 is 0 Å². The molecule has 2 N–H and O–H groups in total. The number of hydrogen-bond donors (Lipinski definition) is 2. The standard InChI is InChI=1S/C19H20N4O/c1-14(2)21-19-20-13-12-18(23-19)22-15-8-10-17(11-9-15)24-16-6-4-3-5-7-16/h3-14H,1-2H3,(H2,20,21,22,23). The summed E-state index contributed by atoms with van der Waals surface area (Å²) in [5, 5.41) is 6.45. The summed E-state index contributed by atoms with van der Waals surface area (Å²) in [7, 11) is 0. The average Bonchev–Trinajstić information content (AvgIpc) is 2.57. The topological polar surface area (TPSA) is 59.1 Å². The molecular weight excluding hydrogens is 300 g/mol. The van der Waals surface area contributed by atoms with Crippen molar-refractivity contribution in [1.82, 2.24) is 9.97 Å². The molecule has 3 aromatic rings. The molecule has 122 valence electrons. The molecule has 3 rings (SSSR count). The predicted molar refractivity (Wildman–Crippen MR) is 97.0 cm³/mol. The molecule has 0 saturated heterocycles. The van der Waals surface area contributed by atoms with Crippen LogP contribution < -0.4 is 15.4 Å². The highest BCUT2D eigenvalue weighted by Crippen LogP contribution is 2.24. The van der Waals surface area contributed by atoms with Gasteiger partial charge in [-0.05, 0) is 56.3 Å². The highest BCUT2D eigenvalue weighted by molar-refractivity contribution is 5.58. The molecule has 0 bridgehead atoms. The normalized spacial score (nSPS) is 10.5. The summed E-state index contributed by atoms with van der Waals surface area (Å²) < 4.78 is 5.78. The number of nitrogens with zero attached hydrogens (tertiary/aromatic N) is 2. The highest BCUT2D eigenvalue weighted by Gasteiger charge is 2.02. The van der Waals surface area contributed by atoms with Crippen molar-refractivity contribution >= 4 is 17.5 Å². The quantitative estimate of drug-likeness (QED) is 0.681. The van der Waals surface area contributed by atoms with Crippen LogP contribution in [0.5, 0.6) is 11.5 Å². The zero-order chi connectivity index (χ0) is 16.8. The van der Waals surface area contributed by atoms with Crippen LogP contribution in [0.25, 0.3) is 0 Å². The molecule has 0 unspecified atom stereocenters. The maximum atomic E-state index is 5.78. The Morgan fingerprint density at radius 1 is 0.875 bits per heavy atom. The molecule has 24 heavy (non-hydrogen) atoms. The first-order chi connectivity index (χ1) is 11.7. The maximum Gasteiger partial charge on any atom is 0.224 e. The van der Waals surface area contributed by atoms with E-state index in [2.05, 4.69) is 34.4 Å². The zero-order valence-electron chi connectivity index (χ0n) is 13.7. The van der Waals surface area contributed by atoms with E-state index in [9.17, 15) is 0 Å². The van der Waals surface area contributed by atoms with Gasteiger partial charge in [0.2, 0.25) is 5.95 Å². The van der Waals surface area contributed by atoms with Gasteiger partial charge >= 0.3 is 0 Å². The van der Waals surface area contributed by atoms with Crippen molar-refractivity contribution in [2.24, 2.45) is 0 Å². The third kappa shape index (κ3) is 4.46. The van der Waals surface area contributed by atoms with Crippen LogP contribution in [0.4, 0.5) is 17.5 Å². The number of ether oxygens (including phenoxy) is 1. The molecule has 0 aliphatic rings. The average molecular weight is 320 g/mol. The molecule has 5 nitrogen and oxygen atoms in total. The molecule has 0 fully saturated rings. The minimum Gasteiger partial charge on any atom is -0.457 e. The number of nitrogens with one attached hydrogen (secondary N) is 2. The first kappa shape index (κ1) is 15.8. The number of rotatable bonds is 6. The number of para-hydroxylation sites is 1. The molecule has 1 heterocycles. The van der Waals surface area contributed by atoms with Crippen molar-refractivity contribution in [3.8, 4) is 11.5 Å². The summed E-state index contributed by atoms with van der Waals surface area (Å²) >= 11 is 0. The van der Waals surface area contributed by atoms with Gasteiger partial charge in [0.15, 0.2) is 0 Å². The molecule has 1 aromatic heterocycles. The van der Waals surface area contributed by atoms with E-state index in [1.807, 2.05) is 60.7 Å². The van der Waals surface area contributed by atoms with E-state index >= 15 is 0 Å². The van der Waals surface area contributed by atoms with Gasteiger partial charge in [0.25, 0.3) is 0 Å². The largest absolute Gasteiger partial charge is 0.457 e. The second-order valence-corrected chi connectivity index (χ2v) is 5.63. The van der Waals surface area contributed by atoms with Crippen LogP contribution in [0.15, 0.2) is 66.9 Å². The van der Waals surface area contributed by atoms with E-state index in [1.54, 1.807) is 6.20 Å². The molecule has 0 aliphatic carbocycles. The second-order valence-electron chi connectivity index (χ2n) is 5.63. The van der Waals surface area contributed by atoms with Crippen LogP contribution in [0.1, 0.15) is 13.8 Å². The van der Waals surface area contributed by atoms with Crippen molar-refractivity contribution in [3.05, 3.63) is 66.9 Å². The molecule has 0 saturated carbocycles. The molecular formula is C19H20N4O. The van der Waals surface area contributed by atoms with Crippen LogP contribution in [0.2, 0.25) is 0 Å². The van der Waals surface area contributed by atoms with E-state index in [0.717, 1.165) is 23.0 Å². The minimum atomic E-state index is 0.287. The summed E-state index contributed by atoms with van der Waals surface area (Å²) in [4.78, 5) is 8.63. The lowest BCUT2D eigenvalue weighted by Gasteiger charge is -2.11. The fourth-order valence-electron chi connectivity index (χ4n) is 2.13. The van der Waals surface area contributed by atoms with Gasteiger partial charge in [-0.25, -0.2) is 4.98 Å². The van der Waals surface area contributed by atoms with Gasteiger partial charge in [-0.15, -0.1) is 0 Å². The van der Waals surface area contributed by atoms with Gasteiger partial charge in [0.05, 0.1) is 0 Å². The Morgan fingerprint density at radius 2 is 1.58 bits per heavy atom. The van der Waals surface area contributed by atoms with Crippen LogP contribution in [0, 0.1) is 0 Å². The molecule has 0 amide bonds. The van der Waals surface area contributed by atoms with Gasteiger partial charge in [0.1, 0.15) is 17.3 Å². The molecule has 0 spiro atoms. The first-order valence-corrected chi connectivity index (χ1v) is 7.88. The predicted octanol–water partition coefficient (Wildman–Crippen LogP) is 4.83. The van der Waals surface area contributed by atoms with Gasteiger partial charge in [0, 0.05) is 17.9 Å². The Labute approximate surface area is 141 Å². The number of anilines is 3.